The fourth-order valence-corrected chi connectivity index (χ4v) is 3.51. The number of hydrogen-bond acceptors (Lipinski definition) is 5. The van der Waals surface area contributed by atoms with Crippen LogP contribution in [-0.4, -0.2) is 40.6 Å². The predicted octanol–water partition coefficient (Wildman–Crippen LogP) is 2.65. The second-order valence-corrected chi connectivity index (χ2v) is 7.12. The molecule has 8 nitrogen and oxygen atoms in total. The van der Waals surface area contributed by atoms with Gasteiger partial charge in [-0.05, 0) is 49.6 Å². The lowest BCUT2D eigenvalue weighted by Crippen LogP contribution is -2.34. The van der Waals surface area contributed by atoms with E-state index in [4.69, 9.17) is 9.15 Å². The summed E-state index contributed by atoms with van der Waals surface area (Å²) >= 11 is 0. The van der Waals surface area contributed by atoms with Crippen LogP contribution in [0.1, 0.15) is 35.6 Å². The third-order valence-corrected chi connectivity index (χ3v) is 5.07. The SMILES string of the molecule is Cn1c(CCCNC(=O)C2CCCO2)nc2cc(NC(=O)c3ccco3)ccc21. The molecule has 0 saturated carbocycles. The molecule has 29 heavy (non-hydrogen) atoms. The number of amides is 2. The van der Waals surface area contributed by atoms with Crippen molar-refractivity contribution in [3.8, 4) is 0 Å². The van der Waals surface area contributed by atoms with Gasteiger partial charge in [-0.15, -0.1) is 0 Å². The average molecular weight is 396 g/mol. The molecule has 152 valence electrons. The fourth-order valence-electron chi connectivity index (χ4n) is 3.51. The van der Waals surface area contributed by atoms with Crippen LogP contribution in [0.3, 0.4) is 0 Å². The number of nitrogens with one attached hydrogen (secondary N) is 2. The molecule has 0 spiro atoms. The van der Waals surface area contributed by atoms with Crippen molar-refractivity contribution in [2.75, 3.05) is 18.5 Å². The maximum absolute atomic E-state index is 12.1. The van der Waals surface area contributed by atoms with E-state index in [0.717, 1.165) is 42.5 Å². The second kappa shape index (κ2) is 8.48. The number of carbonyl (C=O) groups excluding carboxylic acids is 2. The monoisotopic (exact) mass is 396 g/mol. The number of aromatic nitrogens is 2. The molecular formula is C21H24N4O4. The van der Waals surface area contributed by atoms with Crippen molar-refractivity contribution < 1.29 is 18.7 Å². The van der Waals surface area contributed by atoms with Gasteiger partial charge in [0.15, 0.2) is 5.76 Å². The summed E-state index contributed by atoms with van der Waals surface area (Å²) in [5.74, 6) is 0.870. The van der Waals surface area contributed by atoms with Gasteiger partial charge in [-0.1, -0.05) is 0 Å². The Morgan fingerprint density at radius 2 is 2.21 bits per heavy atom. The fraction of sp³-hybridized carbons (Fsp3) is 0.381. The average Bonchev–Trinajstić information content (AvgIpc) is 3.47. The van der Waals surface area contributed by atoms with Crippen molar-refractivity contribution in [2.45, 2.75) is 31.8 Å². The molecule has 2 amide bonds. The molecule has 1 aromatic carbocycles. The maximum atomic E-state index is 12.1. The molecule has 3 heterocycles. The maximum Gasteiger partial charge on any atom is 0.291 e. The summed E-state index contributed by atoms with van der Waals surface area (Å²) in [7, 11) is 1.97. The molecular weight excluding hydrogens is 372 g/mol. The number of carbonyl (C=O) groups is 2. The first-order chi connectivity index (χ1) is 14.1. The van der Waals surface area contributed by atoms with Gasteiger partial charge in [-0.2, -0.15) is 0 Å². The lowest BCUT2D eigenvalue weighted by molar-refractivity contribution is -0.130. The molecule has 1 aliphatic rings. The highest BCUT2D eigenvalue weighted by Crippen LogP contribution is 2.21. The van der Waals surface area contributed by atoms with Crippen LogP contribution < -0.4 is 10.6 Å². The standard InChI is InChI=1S/C21H24N4O4/c1-25-16-9-8-14(23-21(27)18-6-4-12-29-18)13-15(16)24-19(25)7-2-10-22-20(26)17-5-3-11-28-17/h4,6,8-9,12-13,17H,2-3,5,7,10-11H2,1H3,(H,22,26)(H,23,27). The van der Waals surface area contributed by atoms with E-state index in [9.17, 15) is 9.59 Å². The van der Waals surface area contributed by atoms with Crippen LogP contribution in [-0.2, 0) is 23.0 Å². The van der Waals surface area contributed by atoms with Gasteiger partial charge in [-0.3, -0.25) is 9.59 Å². The van der Waals surface area contributed by atoms with E-state index >= 15 is 0 Å². The van der Waals surface area contributed by atoms with Crippen LogP contribution in [0, 0.1) is 0 Å². The van der Waals surface area contributed by atoms with Crippen molar-refractivity contribution in [3.63, 3.8) is 0 Å². The number of rotatable bonds is 7. The lowest BCUT2D eigenvalue weighted by atomic mass is 10.2. The minimum Gasteiger partial charge on any atom is -0.459 e. The van der Waals surface area contributed by atoms with Crippen LogP contribution in [0.5, 0.6) is 0 Å². The van der Waals surface area contributed by atoms with Gasteiger partial charge in [0.2, 0.25) is 5.91 Å². The number of hydrogen-bond donors (Lipinski definition) is 2. The van der Waals surface area contributed by atoms with Gasteiger partial charge in [0.25, 0.3) is 5.91 Å². The Balaban J connectivity index is 1.35. The van der Waals surface area contributed by atoms with Crippen molar-refractivity contribution in [1.82, 2.24) is 14.9 Å². The topological polar surface area (TPSA) is 98.4 Å². The number of fused-ring (bicyclic) bond motifs is 1. The Hall–Kier alpha value is -3.13. The number of aryl methyl sites for hydroxylation is 2. The highest BCUT2D eigenvalue weighted by molar-refractivity contribution is 6.03. The van der Waals surface area contributed by atoms with Crippen LogP contribution in [0.4, 0.5) is 5.69 Å². The summed E-state index contributed by atoms with van der Waals surface area (Å²) in [6.45, 7) is 1.26. The summed E-state index contributed by atoms with van der Waals surface area (Å²) in [6, 6.07) is 8.91. The minimum absolute atomic E-state index is 0.0237. The molecule has 2 aromatic heterocycles. The van der Waals surface area contributed by atoms with Gasteiger partial charge in [0.1, 0.15) is 11.9 Å². The molecule has 3 aromatic rings. The number of nitrogens with zero attached hydrogens (tertiary/aromatic N) is 2. The van der Waals surface area contributed by atoms with Crippen LogP contribution in [0.15, 0.2) is 41.0 Å². The Bertz CT molecular complexity index is 1000. The molecule has 1 aliphatic heterocycles. The van der Waals surface area contributed by atoms with Crippen molar-refractivity contribution in [3.05, 3.63) is 48.2 Å². The molecule has 1 unspecified atom stereocenters. The van der Waals surface area contributed by atoms with E-state index < -0.39 is 0 Å². The van der Waals surface area contributed by atoms with Crippen LogP contribution in [0.25, 0.3) is 11.0 Å². The number of anilines is 1. The summed E-state index contributed by atoms with van der Waals surface area (Å²) in [5.41, 5.74) is 2.45. The quantitative estimate of drug-likeness (QED) is 0.598. The van der Waals surface area contributed by atoms with Gasteiger partial charge < -0.3 is 24.4 Å². The van der Waals surface area contributed by atoms with E-state index in [1.165, 1.54) is 6.26 Å². The Morgan fingerprint density at radius 1 is 1.31 bits per heavy atom. The highest BCUT2D eigenvalue weighted by Gasteiger charge is 2.22. The van der Waals surface area contributed by atoms with E-state index in [0.29, 0.717) is 18.8 Å². The smallest absolute Gasteiger partial charge is 0.291 e. The van der Waals surface area contributed by atoms with Crippen molar-refractivity contribution in [1.29, 1.82) is 0 Å². The van der Waals surface area contributed by atoms with E-state index in [-0.39, 0.29) is 23.7 Å². The van der Waals surface area contributed by atoms with Crippen LogP contribution in [0.2, 0.25) is 0 Å². The number of imidazole rings is 1. The zero-order valence-electron chi connectivity index (χ0n) is 16.3. The summed E-state index contributed by atoms with van der Waals surface area (Å²) in [5, 5.41) is 5.75. The summed E-state index contributed by atoms with van der Waals surface area (Å²) in [6.07, 6.45) is 4.45. The molecule has 0 bridgehead atoms. The third-order valence-electron chi connectivity index (χ3n) is 5.07. The zero-order valence-corrected chi connectivity index (χ0v) is 16.3. The second-order valence-electron chi connectivity index (χ2n) is 7.12. The predicted molar refractivity (Wildman–Crippen MR) is 108 cm³/mol. The Kier molecular flexibility index (Phi) is 5.62. The number of ether oxygens (including phenoxy) is 1. The normalized spacial score (nSPS) is 16.2. The van der Waals surface area contributed by atoms with Crippen LogP contribution >= 0.6 is 0 Å². The highest BCUT2D eigenvalue weighted by atomic mass is 16.5. The molecule has 2 N–H and O–H groups in total. The van der Waals surface area contributed by atoms with E-state index in [2.05, 4.69) is 15.6 Å². The third kappa shape index (κ3) is 4.32. The lowest BCUT2D eigenvalue weighted by Gasteiger charge is -2.10. The molecule has 8 heteroatoms. The first kappa shape index (κ1) is 19.2. The minimum atomic E-state index is -0.299. The van der Waals surface area contributed by atoms with Crippen molar-refractivity contribution >= 4 is 28.5 Å². The Morgan fingerprint density at radius 3 is 2.97 bits per heavy atom. The summed E-state index contributed by atoms with van der Waals surface area (Å²) in [4.78, 5) is 28.8. The van der Waals surface area contributed by atoms with E-state index in [1.54, 1.807) is 12.1 Å². The Labute approximate surface area is 168 Å². The van der Waals surface area contributed by atoms with Gasteiger partial charge in [-0.25, -0.2) is 4.98 Å². The van der Waals surface area contributed by atoms with E-state index in [1.807, 2.05) is 29.8 Å². The van der Waals surface area contributed by atoms with Gasteiger partial charge >= 0.3 is 0 Å². The first-order valence-electron chi connectivity index (χ1n) is 9.81. The molecule has 0 aliphatic carbocycles. The van der Waals surface area contributed by atoms with Gasteiger partial charge in [0.05, 0.1) is 17.3 Å². The number of furan rings is 1. The van der Waals surface area contributed by atoms with Gasteiger partial charge in [0, 0.05) is 32.3 Å². The molecule has 1 saturated heterocycles. The molecule has 1 atom stereocenters. The summed E-state index contributed by atoms with van der Waals surface area (Å²) < 4.78 is 12.5. The molecule has 1 fully saturated rings. The zero-order chi connectivity index (χ0) is 20.2. The molecule has 0 radical (unpaired) electrons. The number of benzene rings is 1. The largest absolute Gasteiger partial charge is 0.459 e. The first-order valence-corrected chi connectivity index (χ1v) is 9.81. The molecule has 4 rings (SSSR count). The van der Waals surface area contributed by atoms with Crippen molar-refractivity contribution in [2.24, 2.45) is 7.05 Å².